The number of allylic oxidation sites excluding steroid dienone is 1. The highest BCUT2D eigenvalue weighted by Crippen LogP contribution is 2.54. The predicted molar refractivity (Wildman–Crippen MR) is 186 cm³/mol. The van der Waals surface area contributed by atoms with Crippen molar-refractivity contribution in [3.8, 4) is 11.1 Å². The molecule has 0 fully saturated rings. The first-order valence-corrected chi connectivity index (χ1v) is 15.8. The normalized spacial score (nSPS) is 15.2. The fraction of sp³-hybridized carbons (Fsp3) is 0.0952. The lowest BCUT2D eigenvalue weighted by molar-refractivity contribution is 0.669. The third-order valence-corrected chi connectivity index (χ3v) is 9.95. The van der Waals surface area contributed by atoms with Gasteiger partial charge in [-0.1, -0.05) is 79.7 Å². The Morgan fingerprint density at radius 2 is 1.36 bits per heavy atom. The Morgan fingerprint density at radius 1 is 0.644 bits per heavy atom. The van der Waals surface area contributed by atoms with Gasteiger partial charge in [0.05, 0.1) is 0 Å². The van der Waals surface area contributed by atoms with Gasteiger partial charge in [-0.3, -0.25) is 0 Å². The number of benzene rings is 6. The number of anilines is 3. The lowest BCUT2D eigenvalue weighted by Gasteiger charge is -2.25. The van der Waals surface area contributed by atoms with E-state index in [0.717, 1.165) is 68.4 Å². The van der Waals surface area contributed by atoms with Gasteiger partial charge in [-0.05, 0) is 95.3 Å². The van der Waals surface area contributed by atoms with Crippen molar-refractivity contribution < 1.29 is 8.83 Å². The second kappa shape index (κ2) is 9.23. The standard InChI is InChI=1S/C42H29NO2/c1-25-29-13-5-6-15-31(29)41-39(25)32-16-7-8-17-33(32)40-35-24-28(20-22-38(35)45-42(40)41)43(26-11-3-2-4-12-26)27-19-21-37-34(23-27)30-14-9-10-18-36(30)44-37/h2-6,8-15,17-25H,7,16H2,1H3. The van der Waals surface area contributed by atoms with E-state index in [1.54, 1.807) is 0 Å². The Bertz CT molecular complexity index is 2510. The molecule has 0 N–H and O–H groups in total. The largest absolute Gasteiger partial charge is 0.456 e. The number of hydrogen-bond donors (Lipinski definition) is 0. The molecule has 0 saturated carbocycles. The predicted octanol–water partition coefficient (Wildman–Crippen LogP) is 12.0. The molecule has 1 atom stereocenters. The summed E-state index contributed by atoms with van der Waals surface area (Å²) in [5.41, 5.74) is 15.3. The summed E-state index contributed by atoms with van der Waals surface area (Å²) in [7, 11) is 0. The van der Waals surface area contributed by atoms with Gasteiger partial charge < -0.3 is 13.7 Å². The van der Waals surface area contributed by atoms with Crippen LogP contribution in [-0.4, -0.2) is 0 Å². The molecule has 1 unspecified atom stereocenters. The van der Waals surface area contributed by atoms with Crippen molar-refractivity contribution >= 4 is 67.0 Å². The topological polar surface area (TPSA) is 29.5 Å². The Kier molecular flexibility index (Phi) is 5.10. The number of furan rings is 2. The third-order valence-electron chi connectivity index (χ3n) is 9.95. The quantitative estimate of drug-likeness (QED) is 0.208. The van der Waals surface area contributed by atoms with E-state index in [-0.39, 0.29) is 0 Å². The van der Waals surface area contributed by atoms with Crippen LogP contribution in [0.25, 0.3) is 61.1 Å². The van der Waals surface area contributed by atoms with Gasteiger partial charge in [0, 0.05) is 50.1 Å². The van der Waals surface area contributed by atoms with E-state index < -0.39 is 0 Å². The van der Waals surface area contributed by atoms with Crippen molar-refractivity contribution in [3.05, 3.63) is 144 Å². The van der Waals surface area contributed by atoms with Crippen molar-refractivity contribution in [1.29, 1.82) is 0 Å². The molecule has 0 aliphatic heterocycles. The van der Waals surface area contributed by atoms with Crippen LogP contribution in [0.3, 0.4) is 0 Å². The van der Waals surface area contributed by atoms with Crippen LogP contribution in [0.4, 0.5) is 17.1 Å². The molecule has 0 radical (unpaired) electrons. The summed E-state index contributed by atoms with van der Waals surface area (Å²) >= 11 is 0. The molecule has 2 aliphatic rings. The average molecular weight is 580 g/mol. The Hall–Kier alpha value is -5.54. The van der Waals surface area contributed by atoms with Crippen LogP contribution in [0.5, 0.6) is 0 Å². The van der Waals surface area contributed by atoms with E-state index in [1.807, 2.05) is 12.1 Å². The maximum atomic E-state index is 6.84. The van der Waals surface area contributed by atoms with Crippen LogP contribution >= 0.6 is 0 Å². The van der Waals surface area contributed by atoms with Crippen LogP contribution < -0.4 is 4.90 Å². The minimum absolute atomic E-state index is 0.354. The zero-order chi connectivity index (χ0) is 29.6. The molecular weight excluding hydrogens is 550 g/mol. The van der Waals surface area contributed by atoms with Gasteiger partial charge in [-0.2, -0.15) is 0 Å². The van der Waals surface area contributed by atoms with E-state index in [0.29, 0.717) is 5.92 Å². The zero-order valence-corrected chi connectivity index (χ0v) is 24.9. The summed E-state index contributed by atoms with van der Waals surface area (Å²) < 4.78 is 13.0. The first kappa shape index (κ1) is 24.9. The maximum absolute atomic E-state index is 6.84. The van der Waals surface area contributed by atoms with Crippen molar-refractivity contribution in [3.63, 3.8) is 0 Å². The van der Waals surface area contributed by atoms with Crippen LogP contribution in [0.1, 0.15) is 41.5 Å². The molecule has 2 heterocycles. The minimum atomic E-state index is 0.354. The van der Waals surface area contributed by atoms with Crippen LogP contribution in [0.15, 0.2) is 130 Å². The summed E-state index contributed by atoms with van der Waals surface area (Å²) in [5, 5.41) is 4.62. The molecule has 3 nitrogen and oxygen atoms in total. The van der Waals surface area contributed by atoms with Crippen LogP contribution in [0.2, 0.25) is 0 Å². The monoisotopic (exact) mass is 579 g/mol. The van der Waals surface area contributed by atoms with E-state index in [4.69, 9.17) is 8.83 Å². The Balaban J connectivity index is 1.25. The molecule has 45 heavy (non-hydrogen) atoms. The van der Waals surface area contributed by atoms with Gasteiger partial charge in [0.1, 0.15) is 22.3 Å². The number of rotatable bonds is 3. The Morgan fingerprint density at radius 3 is 2.22 bits per heavy atom. The molecule has 2 aromatic heterocycles. The van der Waals surface area contributed by atoms with Gasteiger partial charge in [0.25, 0.3) is 0 Å². The fourth-order valence-electron chi connectivity index (χ4n) is 8.00. The molecule has 10 rings (SSSR count). The SMILES string of the molecule is CC1c2ccccc2-c2c1c1c(c3c2oc2ccc(N(c4ccccc4)c4ccc5oc6ccccc6c5c4)cc23)C=CCC1. The summed E-state index contributed by atoms with van der Waals surface area (Å²) in [6, 6.07) is 40.9. The van der Waals surface area contributed by atoms with Crippen molar-refractivity contribution in [2.75, 3.05) is 4.90 Å². The number of fused-ring (bicyclic) bond motifs is 13. The molecule has 0 saturated heterocycles. The molecule has 3 heteroatoms. The van der Waals surface area contributed by atoms with Crippen LogP contribution in [-0.2, 0) is 6.42 Å². The molecule has 2 aliphatic carbocycles. The smallest absolute Gasteiger partial charge is 0.144 e. The molecular formula is C42H29NO2. The number of hydrogen-bond acceptors (Lipinski definition) is 3. The molecule has 8 aromatic rings. The van der Waals surface area contributed by atoms with Crippen molar-refractivity contribution in [2.24, 2.45) is 0 Å². The first-order valence-electron chi connectivity index (χ1n) is 15.8. The summed E-state index contributed by atoms with van der Waals surface area (Å²) in [6.07, 6.45) is 6.79. The molecule has 0 spiro atoms. The van der Waals surface area contributed by atoms with Crippen molar-refractivity contribution in [1.82, 2.24) is 0 Å². The molecule has 0 bridgehead atoms. The van der Waals surface area contributed by atoms with Crippen LogP contribution in [0, 0.1) is 0 Å². The fourth-order valence-corrected chi connectivity index (χ4v) is 8.00. The van der Waals surface area contributed by atoms with Crippen molar-refractivity contribution in [2.45, 2.75) is 25.7 Å². The second-order valence-electron chi connectivity index (χ2n) is 12.4. The zero-order valence-electron chi connectivity index (χ0n) is 24.9. The maximum Gasteiger partial charge on any atom is 0.144 e. The van der Waals surface area contributed by atoms with E-state index >= 15 is 0 Å². The molecule has 214 valence electrons. The van der Waals surface area contributed by atoms with E-state index in [2.05, 4.69) is 127 Å². The summed E-state index contributed by atoms with van der Waals surface area (Å²) in [5.74, 6) is 0.354. The Labute approximate surface area is 260 Å². The van der Waals surface area contributed by atoms with Gasteiger partial charge in [-0.15, -0.1) is 0 Å². The minimum Gasteiger partial charge on any atom is -0.456 e. The highest BCUT2D eigenvalue weighted by Gasteiger charge is 2.34. The van der Waals surface area contributed by atoms with Gasteiger partial charge in [0.2, 0.25) is 0 Å². The lowest BCUT2D eigenvalue weighted by atomic mass is 9.84. The highest BCUT2D eigenvalue weighted by molar-refractivity contribution is 6.17. The number of para-hydroxylation sites is 2. The van der Waals surface area contributed by atoms with Gasteiger partial charge in [-0.25, -0.2) is 0 Å². The van der Waals surface area contributed by atoms with Gasteiger partial charge >= 0.3 is 0 Å². The second-order valence-corrected chi connectivity index (χ2v) is 12.4. The lowest BCUT2D eigenvalue weighted by Crippen LogP contribution is -2.09. The third kappa shape index (κ3) is 3.47. The molecule has 0 amide bonds. The van der Waals surface area contributed by atoms with E-state index in [9.17, 15) is 0 Å². The summed E-state index contributed by atoms with van der Waals surface area (Å²) in [4.78, 5) is 2.34. The first-order chi connectivity index (χ1) is 22.2. The average Bonchev–Trinajstić information content (AvgIpc) is 3.75. The molecule has 6 aromatic carbocycles. The number of nitrogens with zero attached hydrogens (tertiary/aromatic N) is 1. The summed E-state index contributed by atoms with van der Waals surface area (Å²) in [6.45, 7) is 2.35. The van der Waals surface area contributed by atoms with Gasteiger partial charge in [0.15, 0.2) is 0 Å². The highest BCUT2D eigenvalue weighted by atomic mass is 16.3. The van der Waals surface area contributed by atoms with E-state index in [1.165, 1.54) is 38.8 Å².